The maximum absolute atomic E-state index is 12.5. The molecule has 1 aromatic heterocycles. The predicted octanol–water partition coefficient (Wildman–Crippen LogP) is 3.22. The number of ketones is 1. The van der Waals surface area contributed by atoms with Crippen LogP contribution < -0.4 is 26.3 Å². The molecule has 3 aromatic rings. The average Bonchev–Trinajstić information content (AvgIpc) is 2.83. The fourth-order valence-electron chi connectivity index (χ4n) is 2.96. The minimum absolute atomic E-state index is 0.228. The van der Waals surface area contributed by atoms with E-state index < -0.39 is 6.04 Å². The Morgan fingerprint density at radius 2 is 1.75 bits per heavy atom. The molecule has 1 amide bonds. The van der Waals surface area contributed by atoms with Gasteiger partial charge < -0.3 is 26.3 Å². The van der Waals surface area contributed by atoms with Crippen molar-refractivity contribution in [3.05, 3.63) is 83.6 Å². The zero-order valence-corrected chi connectivity index (χ0v) is 17.7. The van der Waals surface area contributed by atoms with Crippen molar-refractivity contribution in [1.82, 2.24) is 4.98 Å². The molecular formula is C24H24N4O4. The highest BCUT2D eigenvalue weighted by Gasteiger charge is 2.15. The van der Waals surface area contributed by atoms with Crippen LogP contribution in [0.3, 0.4) is 0 Å². The summed E-state index contributed by atoms with van der Waals surface area (Å²) in [6.07, 6.45) is 4.61. The van der Waals surface area contributed by atoms with Crippen LogP contribution >= 0.6 is 0 Å². The molecule has 8 nitrogen and oxygen atoms in total. The van der Waals surface area contributed by atoms with Gasteiger partial charge in [-0.15, -0.1) is 0 Å². The van der Waals surface area contributed by atoms with Crippen LogP contribution in [0, 0.1) is 0 Å². The highest BCUT2D eigenvalue weighted by Crippen LogP contribution is 2.28. The summed E-state index contributed by atoms with van der Waals surface area (Å²) >= 11 is 0. The molecule has 164 valence electrons. The van der Waals surface area contributed by atoms with E-state index in [1.807, 2.05) is 0 Å². The van der Waals surface area contributed by atoms with Crippen LogP contribution in [0.1, 0.15) is 27.5 Å². The number of anilines is 2. The molecule has 3 rings (SSSR count). The number of aromatic nitrogens is 1. The maximum atomic E-state index is 12.5. The summed E-state index contributed by atoms with van der Waals surface area (Å²) in [6, 6.07) is 14.3. The lowest BCUT2D eigenvalue weighted by Gasteiger charge is -2.11. The van der Waals surface area contributed by atoms with Crippen molar-refractivity contribution in [1.29, 1.82) is 0 Å². The van der Waals surface area contributed by atoms with Crippen LogP contribution in [-0.2, 0) is 4.79 Å². The normalized spacial score (nSPS) is 11.7. The lowest BCUT2D eigenvalue weighted by atomic mass is 10.0. The monoisotopic (exact) mass is 432 g/mol. The van der Waals surface area contributed by atoms with E-state index in [0.29, 0.717) is 28.3 Å². The van der Waals surface area contributed by atoms with Crippen molar-refractivity contribution in [2.75, 3.05) is 25.3 Å². The molecule has 0 radical (unpaired) electrons. The first-order chi connectivity index (χ1) is 15.4. The van der Waals surface area contributed by atoms with Gasteiger partial charge in [-0.1, -0.05) is 24.3 Å². The largest absolute Gasteiger partial charge is 0.493 e. The molecule has 1 unspecified atom stereocenters. The van der Waals surface area contributed by atoms with Crippen LogP contribution in [0.4, 0.5) is 11.5 Å². The Kier molecular flexibility index (Phi) is 7.20. The Balaban J connectivity index is 1.66. The van der Waals surface area contributed by atoms with E-state index >= 15 is 0 Å². The number of pyridine rings is 1. The third-order valence-electron chi connectivity index (χ3n) is 4.77. The number of hydrogen-bond acceptors (Lipinski definition) is 7. The highest BCUT2D eigenvalue weighted by atomic mass is 16.5. The van der Waals surface area contributed by atoms with Gasteiger partial charge in [0.25, 0.3) is 5.91 Å². The van der Waals surface area contributed by atoms with Crippen molar-refractivity contribution >= 4 is 29.3 Å². The molecule has 1 atom stereocenters. The average molecular weight is 432 g/mol. The summed E-state index contributed by atoms with van der Waals surface area (Å²) in [6.45, 7) is 0. The van der Waals surface area contributed by atoms with Crippen LogP contribution in [-0.4, -0.2) is 30.9 Å². The van der Waals surface area contributed by atoms with E-state index in [4.69, 9.17) is 20.9 Å². The molecule has 0 saturated heterocycles. The second kappa shape index (κ2) is 10.2. The summed E-state index contributed by atoms with van der Waals surface area (Å²) in [4.78, 5) is 28.9. The Labute approximate surface area is 185 Å². The Morgan fingerprint density at radius 1 is 1.03 bits per heavy atom. The van der Waals surface area contributed by atoms with E-state index in [1.54, 1.807) is 74.9 Å². The lowest BCUT2D eigenvalue weighted by Crippen LogP contribution is -2.20. The molecule has 5 N–H and O–H groups in total. The quantitative estimate of drug-likeness (QED) is 0.466. The van der Waals surface area contributed by atoms with Crippen LogP contribution in [0.25, 0.3) is 6.08 Å². The fraction of sp³-hybridized carbons (Fsp3) is 0.125. The SMILES string of the molecule is COc1ccc(C=CC(=O)C(N)c2ccc(C(=O)Nc3cccnc3N)cc2)cc1OC. The van der Waals surface area contributed by atoms with Gasteiger partial charge >= 0.3 is 0 Å². The molecular weight excluding hydrogens is 408 g/mol. The Morgan fingerprint density at radius 3 is 2.41 bits per heavy atom. The summed E-state index contributed by atoms with van der Waals surface area (Å²) < 4.78 is 10.5. The first kappa shape index (κ1) is 22.5. The van der Waals surface area contributed by atoms with Gasteiger partial charge in [0, 0.05) is 11.8 Å². The zero-order chi connectivity index (χ0) is 23.1. The molecule has 0 bridgehead atoms. The number of benzene rings is 2. The minimum atomic E-state index is -0.863. The van der Waals surface area contributed by atoms with Crippen molar-refractivity contribution in [2.24, 2.45) is 5.73 Å². The number of nitrogens with one attached hydrogen (secondary N) is 1. The number of carbonyl (C=O) groups excluding carboxylic acids is 2. The van der Waals surface area contributed by atoms with Crippen molar-refractivity contribution < 1.29 is 19.1 Å². The molecule has 0 aliphatic rings. The molecule has 0 saturated carbocycles. The van der Waals surface area contributed by atoms with Gasteiger partial charge in [0.05, 0.1) is 25.9 Å². The number of methoxy groups -OCH3 is 2. The van der Waals surface area contributed by atoms with Gasteiger partial charge in [0.15, 0.2) is 17.3 Å². The Bertz CT molecular complexity index is 1140. The van der Waals surface area contributed by atoms with E-state index in [9.17, 15) is 9.59 Å². The first-order valence-electron chi connectivity index (χ1n) is 9.74. The van der Waals surface area contributed by atoms with E-state index in [2.05, 4.69) is 10.3 Å². The number of nitrogens with zero attached hydrogens (tertiary/aromatic N) is 1. The molecule has 0 fully saturated rings. The molecule has 0 aliphatic heterocycles. The van der Waals surface area contributed by atoms with Gasteiger partial charge in [0.1, 0.15) is 5.82 Å². The molecule has 8 heteroatoms. The zero-order valence-electron chi connectivity index (χ0n) is 17.7. The lowest BCUT2D eigenvalue weighted by molar-refractivity contribution is -0.115. The molecule has 2 aromatic carbocycles. The van der Waals surface area contributed by atoms with Crippen molar-refractivity contribution in [3.63, 3.8) is 0 Å². The topological polar surface area (TPSA) is 130 Å². The van der Waals surface area contributed by atoms with Gasteiger partial charge in [-0.25, -0.2) is 4.98 Å². The standard InChI is InChI=1S/C24H24N4O4/c1-31-20-12-6-15(14-21(20)32-2)5-11-19(29)22(25)16-7-9-17(10-8-16)24(30)28-18-4-3-13-27-23(18)26/h3-14,22H,25H2,1-2H3,(H2,26,27)(H,28,30). The summed E-state index contributed by atoms with van der Waals surface area (Å²) in [7, 11) is 3.10. The number of ether oxygens (including phenoxy) is 2. The van der Waals surface area contributed by atoms with Gasteiger partial charge in [-0.3, -0.25) is 9.59 Å². The Hall–Kier alpha value is -4.17. The number of rotatable bonds is 8. The second-order valence-corrected chi connectivity index (χ2v) is 6.84. The van der Waals surface area contributed by atoms with E-state index in [0.717, 1.165) is 5.56 Å². The third kappa shape index (κ3) is 5.30. The van der Waals surface area contributed by atoms with Gasteiger partial charge in [-0.05, 0) is 53.6 Å². The number of hydrogen-bond donors (Lipinski definition) is 3. The van der Waals surface area contributed by atoms with Gasteiger partial charge in [-0.2, -0.15) is 0 Å². The maximum Gasteiger partial charge on any atom is 0.255 e. The summed E-state index contributed by atoms with van der Waals surface area (Å²) in [5, 5.41) is 2.70. The van der Waals surface area contributed by atoms with E-state index in [-0.39, 0.29) is 17.5 Å². The molecule has 0 aliphatic carbocycles. The van der Waals surface area contributed by atoms with E-state index in [1.165, 1.54) is 12.3 Å². The fourth-order valence-corrected chi connectivity index (χ4v) is 2.96. The van der Waals surface area contributed by atoms with Crippen LogP contribution in [0.15, 0.2) is 66.9 Å². The van der Waals surface area contributed by atoms with Crippen molar-refractivity contribution in [2.45, 2.75) is 6.04 Å². The second-order valence-electron chi connectivity index (χ2n) is 6.84. The van der Waals surface area contributed by atoms with Crippen molar-refractivity contribution in [3.8, 4) is 11.5 Å². The molecule has 1 heterocycles. The molecule has 32 heavy (non-hydrogen) atoms. The predicted molar refractivity (Wildman–Crippen MR) is 124 cm³/mol. The van der Waals surface area contributed by atoms with Crippen LogP contribution in [0.2, 0.25) is 0 Å². The number of amides is 1. The smallest absolute Gasteiger partial charge is 0.255 e. The highest BCUT2D eigenvalue weighted by molar-refractivity contribution is 6.05. The number of nitrogen functional groups attached to an aromatic ring is 1. The first-order valence-corrected chi connectivity index (χ1v) is 9.74. The number of carbonyl (C=O) groups is 2. The minimum Gasteiger partial charge on any atom is -0.493 e. The number of nitrogens with two attached hydrogens (primary N) is 2. The van der Waals surface area contributed by atoms with Crippen LogP contribution in [0.5, 0.6) is 11.5 Å². The molecule has 0 spiro atoms. The summed E-state index contributed by atoms with van der Waals surface area (Å²) in [5.74, 6) is 0.771. The third-order valence-corrected chi connectivity index (χ3v) is 4.77. The van der Waals surface area contributed by atoms with Gasteiger partial charge in [0.2, 0.25) is 0 Å². The summed E-state index contributed by atoms with van der Waals surface area (Å²) in [5.41, 5.74) is 14.0.